The Balaban J connectivity index is 1.87. The topological polar surface area (TPSA) is 44.2 Å². The van der Waals surface area contributed by atoms with Crippen molar-refractivity contribution >= 4 is 21.7 Å². The maximum Gasteiger partial charge on any atom is 0.224 e. The molecule has 0 atom stereocenters. The van der Waals surface area contributed by atoms with Crippen molar-refractivity contribution in [3.05, 3.63) is 71.9 Å². The van der Waals surface area contributed by atoms with E-state index < -0.39 is 0 Å². The van der Waals surface area contributed by atoms with Crippen LogP contribution < -0.4 is 9.47 Å². The van der Waals surface area contributed by atoms with Gasteiger partial charge in [-0.3, -0.25) is 4.98 Å². The van der Waals surface area contributed by atoms with Crippen LogP contribution in [0.4, 0.5) is 0 Å². The molecule has 0 fully saturated rings. The zero-order valence-corrected chi connectivity index (χ0v) is 14.2. The van der Waals surface area contributed by atoms with Gasteiger partial charge in [0.2, 0.25) is 11.8 Å². The Morgan fingerprint density at radius 3 is 2.36 bits per heavy atom. The highest BCUT2D eigenvalue weighted by molar-refractivity contribution is 5.91. The molecule has 2 heterocycles. The van der Waals surface area contributed by atoms with Crippen LogP contribution in [0.1, 0.15) is 11.1 Å². The highest BCUT2D eigenvalue weighted by Crippen LogP contribution is 2.34. The summed E-state index contributed by atoms with van der Waals surface area (Å²) in [7, 11) is 3.26. The second-order valence-corrected chi connectivity index (χ2v) is 5.87. The van der Waals surface area contributed by atoms with Crippen molar-refractivity contribution in [3.63, 3.8) is 0 Å². The van der Waals surface area contributed by atoms with Crippen LogP contribution in [0.15, 0.2) is 60.8 Å². The molecular weight excluding hydrogens is 312 g/mol. The van der Waals surface area contributed by atoms with Crippen LogP contribution >= 0.6 is 0 Å². The van der Waals surface area contributed by atoms with E-state index in [1.54, 1.807) is 14.2 Å². The van der Waals surface area contributed by atoms with Gasteiger partial charge in [0.1, 0.15) is 0 Å². The number of nitrogens with zero attached hydrogens (tertiary/aromatic N) is 2. The number of hydrogen-bond acceptors (Lipinski definition) is 4. The quantitative estimate of drug-likeness (QED) is 0.556. The van der Waals surface area contributed by atoms with E-state index in [-0.39, 0.29) is 0 Å². The number of ether oxygens (including phenoxy) is 2. The van der Waals surface area contributed by atoms with E-state index >= 15 is 0 Å². The molecule has 0 aliphatic carbocycles. The molecule has 0 bridgehead atoms. The second-order valence-electron chi connectivity index (χ2n) is 5.87. The summed E-state index contributed by atoms with van der Waals surface area (Å²) in [4.78, 5) is 9.09. The van der Waals surface area contributed by atoms with Crippen molar-refractivity contribution in [2.45, 2.75) is 6.42 Å². The molecule has 0 N–H and O–H groups in total. The molecule has 0 amide bonds. The largest absolute Gasteiger partial charge is 0.481 e. The number of rotatable bonds is 4. The van der Waals surface area contributed by atoms with Crippen molar-refractivity contribution in [2.75, 3.05) is 14.2 Å². The number of fused-ring (bicyclic) bond motifs is 2. The third kappa shape index (κ3) is 2.76. The lowest BCUT2D eigenvalue weighted by Gasteiger charge is -2.14. The predicted octanol–water partition coefficient (Wildman–Crippen LogP) is 4.39. The van der Waals surface area contributed by atoms with Crippen molar-refractivity contribution in [1.29, 1.82) is 0 Å². The molecule has 2 aromatic carbocycles. The van der Waals surface area contributed by atoms with Gasteiger partial charge >= 0.3 is 0 Å². The number of methoxy groups -OCH3 is 2. The summed E-state index contributed by atoms with van der Waals surface area (Å²) in [6.45, 7) is 0. The van der Waals surface area contributed by atoms with Crippen LogP contribution in [0.3, 0.4) is 0 Å². The van der Waals surface area contributed by atoms with Crippen molar-refractivity contribution in [1.82, 2.24) is 9.97 Å². The Hall–Kier alpha value is -3.14. The van der Waals surface area contributed by atoms with E-state index in [4.69, 9.17) is 9.47 Å². The summed E-state index contributed by atoms with van der Waals surface area (Å²) in [5, 5.41) is 3.19. The maximum absolute atomic E-state index is 5.54. The van der Waals surface area contributed by atoms with Crippen LogP contribution in [0.2, 0.25) is 0 Å². The summed E-state index contributed by atoms with van der Waals surface area (Å²) in [6.07, 6.45) is 2.61. The van der Waals surface area contributed by atoms with Gasteiger partial charge in [-0.05, 0) is 29.1 Å². The Kier molecular flexibility index (Phi) is 3.94. The van der Waals surface area contributed by atoms with Crippen molar-refractivity contribution in [2.24, 2.45) is 0 Å². The Morgan fingerprint density at radius 1 is 0.840 bits per heavy atom. The third-order valence-electron chi connectivity index (χ3n) is 4.36. The summed E-state index contributed by atoms with van der Waals surface area (Å²) >= 11 is 0. The van der Waals surface area contributed by atoms with Gasteiger partial charge in [0.25, 0.3) is 0 Å². The SMILES string of the molecule is COc1nc(OC)c2ccccc2c1Cc1cnc2ccccc2c1. The average molecular weight is 330 g/mol. The monoisotopic (exact) mass is 330 g/mol. The third-order valence-corrected chi connectivity index (χ3v) is 4.36. The molecule has 4 aromatic rings. The van der Waals surface area contributed by atoms with Gasteiger partial charge in [-0.25, -0.2) is 0 Å². The van der Waals surface area contributed by atoms with E-state index in [0.29, 0.717) is 18.2 Å². The predicted molar refractivity (Wildman–Crippen MR) is 99.4 cm³/mol. The van der Waals surface area contributed by atoms with E-state index in [1.807, 2.05) is 42.6 Å². The van der Waals surface area contributed by atoms with Crippen molar-refractivity contribution in [3.8, 4) is 11.8 Å². The van der Waals surface area contributed by atoms with E-state index in [0.717, 1.165) is 32.8 Å². The lowest BCUT2D eigenvalue weighted by molar-refractivity contribution is 0.366. The molecule has 0 saturated carbocycles. The molecule has 0 unspecified atom stereocenters. The van der Waals surface area contributed by atoms with Gasteiger partial charge < -0.3 is 9.47 Å². The van der Waals surface area contributed by atoms with Gasteiger partial charge in [-0.1, -0.05) is 36.4 Å². The lowest BCUT2D eigenvalue weighted by Crippen LogP contribution is -2.01. The average Bonchev–Trinajstić information content (AvgIpc) is 2.68. The van der Waals surface area contributed by atoms with Crippen LogP contribution in [0, 0.1) is 0 Å². The smallest absolute Gasteiger partial charge is 0.224 e. The number of hydrogen-bond donors (Lipinski definition) is 0. The molecule has 0 aliphatic rings. The molecular formula is C21H18N2O2. The Labute approximate surface area is 146 Å². The molecule has 2 aromatic heterocycles. The minimum Gasteiger partial charge on any atom is -0.481 e. The van der Waals surface area contributed by atoms with Gasteiger partial charge in [0, 0.05) is 29.0 Å². The summed E-state index contributed by atoms with van der Waals surface area (Å²) in [5.74, 6) is 1.16. The van der Waals surface area contributed by atoms with Crippen LogP contribution in [-0.4, -0.2) is 24.2 Å². The number of pyridine rings is 2. The highest BCUT2D eigenvalue weighted by atomic mass is 16.5. The van der Waals surface area contributed by atoms with Crippen LogP contribution in [0.5, 0.6) is 11.8 Å². The fourth-order valence-corrected chi connectivity index (χ4v) is 3.18. The first kappa shape index (κ1) is 15.4. The highest BCUT2D eigenvalue weighted by Gasteiger charge is 2.15. The molecule has 0 spiro atoms. The summed E-state index contributed by atoms with van der Waals surface area (Å²) in [6, 6.07) is 18.4. The van der Waals surface area contributed by atoms with E-state index in [1.165, 1.54) is 0 Å². The van der Waals surface area contributed by atoms with Gasteiger partial charge in [-0.15, -0.1) is 0 Å². The maximum atomic E-state index is 5.54. The molecule has 0 aliphatic heterocycles. The Bertz CT molecular complexity index is 1060. The normalized spacial score (nSPS) is 11.0. The summed E-state index contributed by atoms with van der Waals surface area (Å²) in [5.41, 5.74) is 3.15. The molecule has 124 valence electrons. The first-order valence-corrected chi connectivity index (χ1v) is 8.13. The second kappa shape index (κ2) is 6.40. The first-order chi connectivity index (χ1) is 12.3. The molecule has 4 rings (SSSR count). The number of aromatic nitrogens is 2. The number of benzene rings is 2. The molecule has 0 radical (unpaired) electrons. The minimum atomic E-state index is 0.577. The zero-order valence-electron chi connectivity index (χ0n) is 14.2. The van der Waals surface area contributed by atoms with E-state index in [2.05, 4.69) is 28.2 Å². The molecule has 25 heavy (non-hydrogen) atoms. The summed E-state index contributed by atoms with van der Waals surface area (Å²) < 4.78 is 11.0. The van der Waals surface area contributed by atoms with Crippen LogP contribution in [0.25, 0.3) is 21.7 Å². The first-order valence-electron chi connectivity index (χ1n) is 8.13. The fourth-order valence-electron chi connectivity index (χ4n) is 3.18. The molecule has 4 nitrogen and oxygen atoms in total. The van der Waals surface area contributed by atoms with Crippen molar-refractivity contribution < 1.29 is 9.47 Å². The minimum absolute atomic E-state index is 0.577. The standard InChI is InChI=1S/C21H18N2O2/c1-24-20-17-9-5-4-8-16(17)18(21(23-20)25-2)12-14-11-15-7-3-6-10-19(15)22-13-14/h3-11,13H,12H2,1-2H3. The Morgan fingerprint density at radius 2 is 1.56 bits per heavy atom. The number of para-hydroxylation sites is 1. The van der Waals surface area contributed by atoms with Gasteiger partial charge in [0.05, 0.1) is 19.7 Å². The molecule has 0 saturated heterocycles. The molecule has 4 heteroatoms. The van der Waals surface area contributed by atoms with Gasteiger partial charge in [-0.2, -0.15) is 4.98 Å². The van der Waals surface area contributed by atoms with Gasteiger partial charge in [0.15, 0.2) is 0 Å². The van der Waals surface area contributed by atoms with E-state index in [9.17, 15) is 0 Å². The lowest BCUT2D eigenvalue weighted by atomic mass is 10.00. The fraction of sp³-hybridized carbons (Fsp3) is 0.143. The zero-order chi connectivity index (χ0) is 17.2. The van der Waals surface area contributed by atoms with Crippen LogP contribution in [-0.2, 0) is 6.42 Å².